The molecule has 3 unspecified atom stereocenters. The van der Waals surface area contributed by atoms with Gasteiger partial charge in [0.15, 0.2) is 0 Å². The van der Waals surface area contributed by atoms with Crippen LogP contribution in [0.25, 0.3) is 0 Å². The maximum Gasteiger partial charge on any atom is 0.0263 e. The second-order valence-corrected chi connectivity index (χ2v) is 6.71. The van der Waals surface area contributed by atoms with Gasteiger partial charge >= 0.3 is 0 Å². The normalized spacial score (nSPS) is 27.2. The topological polar surface area (TPSA) is 12.0 Å². The van der Waals surface area contributed by atoms with E-state index in [0.29, 0.717) is 6.04 Å². The number of rotatable bonds is 5. The summed E-state index contributed by atoms with van der Waals surface area (Å²) in [4.78, 5) is 0. The van der Waals surface area contributed by atoms with Crippen molar-refractivity contribution in [3.63, 3.8) is 0 Å². The fourth-order valence-corrected chi connectivity index (χ4v) is 4.15. The van der Waals surface area contributed by atoms with Crippen LogP contribution in [0, 0.1) is 5.92 Å². The van der Waals surface area contributed by atoms with Gasteiger partial charge in [-0.25, -0.2) is 0 Å². The molecule has 0 bridgehead atoms. The van der Waals surface area contributed by atoms with Crippen molar-refractivity contribution in [3.05, 3.63) is 0 Å². The SMILES string of the molecule is CCC(C)C(C)NCC1CSCCS1. The Balaban J connectivity index is 2.12. The molecule has 0 radical (unpaired) electrons. The number of thioether (sulfide) groups is 2. The fourth-order valence-electron chi connectivity index (χ4n) is 1.53. The van der Waals surface area contributed by atoms with E-state index in [1.807, 2.05) is 0 Å². The second kappa shape index (κ2) is 7.02. The van der Waals surface area contributed by atoms with E-state index in [2.05, 4.69) is 49.6 Å². The van der Waals surface area contributed by atoms with E-state index in [1.165, 1.54) is 30.2 Å². The zero-order valence-electron chi connectivity index (χ0n) is 9.58. The molecule has 14 heavy (non-hydrogen) atoms. The van der Waals surface area contributed by atoms with Crippen molar-refractivity contribution in [2.45, 2.75) is 38.5 Å². The molecule has 1 aliphatic rings. The third-order valence-corrected chi connectivity index (χ3v) is 5.89. The summed E-state index contributed by atoms with van der Waals surface area (Å²) in [7, 11) is 0. The maximum atomic E-state index is 3.67. The zero-order chi connectivity index (χ0) is 10.4. The largest absolute Gasteiger partial charge is 0.313 e. The molecule has 0 aromatic heterocycles. The van der Waals surface area contributed by atoms with Crippen LogP contribution in [-0.2, 0) is 0 Å². The summed E-state index contributed by atoms with van der Waals surface area (Å²) in [6, 6.07) is 0.674. The smallest absolute Gasteiger partial charge is 0.0263 e. The van der Waals surface area contributed by atoms with Crippen LogP contribution in [0.2, 0.25) is 0 Å². The first-order valence-electron chi connectivity index (χ1n) is 5.66. The van der Waals surface area contributed by atoms with Crippen LogP contribution in [0.1, 0.15) is 27.2 Å². The van der Waals surface area contributed by atoms with Crippen LogP contribution < -0.4 is 5.32 Å². The van der Waals surface area contributed by atoms with Crippen LogP contribution in [0.15, 0.2) is 0 Å². The molecular formula is C11H23NS2. The quantitative estimate of drug-likeness (QED) is 0.784. The van der Waals surface area contributed by atoms with Gasteiger partial charge in [0.2, 0.25) is 0 Å². The molecule has 0 saturated carbocycles. The lowest BCUT2D eigenvalue weighted by atomic mass is 10.0. The minimum atomic E-state index is 0.674. The Morgan fingerprint density at radius 2 is 2.14 bits per heavy atom. The molecule has 84 valence electrons. The first kappa shape index (κ1) is 12.7. The Morgan fingerprint density at radius 3 is 2.71 bits per heavy atom. The molecule has 1 rings (SSSR count). The first-order valence-corrected chi connectivity index (χ1v) is 7.87. The summed E-state index contributed by atoms with van der Waals surface area (Å²) >= 11 is 4.25. The summed E-state index contributed by atoms with van der Waals surface area (Å²) in [5.74, 6) is 4.83. The summed E-state index contributed by atoms with van der Waals surface area (Å²) < 4.78 is 0. The van der Waals surface area contributed by atoms with Crippen molar-refractivity contribution in [1.82, 2.24) is 5.32 Å². The molecule has 0 aromatic carbocycles. The van der Waals surface area contributed by atoms with Gasteiger partial charge < -0.3 is 5.32 Å². The van der Waals surface area contributed by atoms with Crippen molar-refractivity contribution in [2.24, 2.45) is 5.92 Å². The highest BCUT2D eigenvalue weighted by molar-refractivity contribution is 8.06. The third-order valence-electron chi connectivity index (χ3n) is 3.05. The van der Waals surface area contributed by atoms with Gasteiger partial charge in [0.05, 0.1) is 0 Å². The molecule has 0 aromatic rings. The Labute approximate surface area is 97.2 Å². The van der Waals surface area contributed by atoms with E-state index in [1.54, 1.807) is 0 Å². The number of hydrogen-bond acceptors (Lipinski definition) is 3. The Hall–Kier alpha value is 0.660. The summed E-state index contributed by atoms with van der Waals surface area (Å²) in [6.07, 6.45) is 1.28. The molecule has 0 aliphatic carbocycles. The third kappa shape index (κ3) is 4.45. The van der Waals surface area contributed by atoms with Gasteiger partial charge in [0.25, 0.3) is 0 Å². The van der Waals surface area contributed by atoms with Crippen molar-refractivity contribution in [1.29, 1.82) is 0 Å². The lowest BCUT2D eigenvalue weighted by molar-refractivity contribution is 0.393. The highest BCUT2D eigenvalue weighted by atomic mass is 32.2. The molecule has 1 fully saturated rings. The molecule has 1 saturated heterocycles. The van der Waals surface area contributed by atoms with E-state index in [0.717, 1.165) is 11.2 Å². The zero-order valence-corrected chi connectivity index (χ0v) is 11.2. The van der Waals surface area contributed by atoms with Gasteiger partial charge in [0, 0.05) is 35.1 Å². The van der Waals surface area contributed by atoms with Crippen LogP contribution in [0.4, 0.5) is 0 Å². The minimum Gasteiger partial charge on any atom is -0.313 e. The van der Waals surface area contributed by atoms with Crippen molar-refractivity contribution >= 4 is 23.5 Å². The Bertz CT molecular complexity index is 144. The van der Waals surface area contributed by atoms with Crippen molar-refractivity contribution in [2.75, 3.05) is 23.8 Å². The molecular weight excluding hydrogens is 210 g/mol. The van der Waals surface area contributed by atoms with Gasteiger partial charge in [-0.2, -0.15) is 23.5 Å². The average Bonchev–Trinajstić information content (AvgIpc) is 2.26. The van der Waals surface area contributed by atoms with Crippen LogP contribution in [0.3, 0.4) is 0 Å². The first-order chi connectivity index (χ1) is 6.74. The fraction of sp³-hybridized carbons (Fsp3) is 1.00. The van der Waals surface area contributed by atoms with E-state index in [4.69, 9.17) is 0 Å². The molecule has 3 heteroatoms. The molecule has 3 atom stereocenters. The summed E-state index contributed by atoms with van der Waals surface area (Å²) in [5, 5.41) is 4.52. The number of hydrogen-bond donors (Lipinski definition) is 1. The number of nitrogens with one attached hydrogen (secondary N) is 1. The Kier molecular flexibility index (Phi) is 6.38. The van der Waals surface area contributed by atoms with Gasteiger partial charge in [-0.05, 0) is 12.8 Å². The average molecular weight is 233 g/mol. The van der Waals surface area contributed by atoms with Gasteiger partial charge in [0.1, 0.15) is 0 Å². The van der Waals surface area contributed by atoms with Gasteiger partial charge in [-0.15, -0.1) is 0 Å². The predicted molar refractivity (Wildman–Crippen MR) is 70.5 cm³/mol. The molecule has 0 spiro atoms. The summed E-state index contributed by atoms with van der Waals surface area (Å²) in [5.41, 5.74) is 0. The monoisotopic (exact) mass is 233 g/mol. The van der Waals surface area contributed by atoms with Crippen LogP contribution >= 0.6 is 23.5 Å². The van der Waals surface area contributed by atoms with Gasteiger partial charge in [-0.1, -0.05) is 20.3 Å². The van der Waals surface area contributed by atoms with Gasteiger partial charge in [-0.3, -0.25) is 0 Å². The maximum absolute atomic E-state index is 3.67. The highest BCUT2D eigenvalue weighted by Crippen LogP contribution is 2.23. The van der Waals surface area contributed by atoms with Crippen LogP contribution in [-0.4, -0.2) is 35.1 Å². The highest BCUT2D eigenvalue weighted by Gasteiger charge is 2.16. The molecule has 1 heterocycles. The molecule has 1 nitrogen and oxygen atoms in total. The predicted octanol–water partition coefficient (Wildman–Crippen LogP) is 2.86. The van der Waals surface area contributed by atoms with Crippen LogP contribution in [0.5, 0.6) is 0 Å². The Morgan fingerprint density at radius 1 is 1.36 bits per heavy atom. The van der Waals surface area contributed by atoms with E-state index >= 15 is 0 Å². The van der Waals surface area contributed by atoms with E-state index < -0.39 is 0 Å². The second-order valence-electron chi connectivity index (χ2n) is 4.15. The summed E-state index contributed by atoms with van der Waals surface area (Å²) in [6.45, 7) is 8.12. The lowest BCUT2D eigenvalue weighted by Gasteiger charge is -2.25. The standard InChI is InChI=1S/C11H23NS2/c1-4-9(2)10(3)12-7-11-8-13-5-6-14-11/h9-12H,4-8H2,1-3H3. The van der Waals surface area contributed by atoms with E-state index in [9.17, 15) is 0 Å². The molecule has 1 N–H and O–H groups in total. The minimum absolute atomic E-state index is 0.674. The van der Waals surface area contributed by atoms with E-state index in [-0.39, 0.29) is 0 Å². The lowest BCUT2D eigenvalue weighted by Crippen LogP contribution is -2.38. The van der Waals surface area contributed by atoms with Crippen molar-refractivity contribution < 1.29 is 0 Å². The molecule has 0 amide bonds. The van der Waals surface area contributed by atoms with Crippen molar-refractivity contribution in [3.8, 4) is 0 Å². The molecule has 1 aliphatic heterocycles.